The van der Waals surface area contributed by atoms with E-state index in [4.69, 9.17) is 9.15 Å². The largest absolute Gasteiger partial charge is 0.464 e. The van der Waals surface area contributed by atoms with Gasteiger partial charge in [0, 0.05) is 36.9 Å². The molecule has 1 saturated heterocycles. The van der Waals surface area contributed by atoms with Gasteiger partial charge in [-0.15, -0.1) is 0 Å². The number of aromatic nitrogens is 2. The fraction of sp³-hybridized carbons (Fsp3) is 0.611. The minimum absolute atomic E-state index is 0.0848. The van der Waals surface area contributed by atoms with Gasteiger partial charge in [0.25, 0.3) is 0 Å². The molecule has 4 atom stereocenters. The first-order valence-corrected chi connectivity index (χ1v) is 8.55. The minimum Gasteiger partial charge on any atom is -0.464 e. The maximum absolute atomic E-state index is 5.99. The van der Waals surface area contributed by atoms with E-state index < -0.39 is 0 Å². The standard InChI is InChI=1S/C18H25N3O2/c1-11-8-14(11)17-5-4-13(23-17)9-19-16-6-7-22-18(16)15-10-20-21(3)12(15)2/h4-5,10-11,14,16,18-19H,6-9H2,1-3H3/t11-,14-,16+,18-/m1/s1. The zero-order valence-corrected chi connectivity index (χ0v) is 14.1. The molecule has 1 aliphatic heterocycles. The van der Waals surface area contributed by atoms with Crippen molar-refractivity contribution in [3.05, 3.63) is 41.1 Å². The molecule has 0 aromatic carbocycles. The molecular formula is C18H25N3O2. The van der Waals surface area contributed by atoms with Gasteiger partial charge in [0.1, 0.15) is 17.6 Å². The molecule has 0 unspecified atom stereocenters. The highest BCUT2D eigenvalue weighted by atomic mass is 16.5. The van der Waals surface area contributed by atoms with Gasteiger partial charge in [-0.25, -0.2) is 0 Å². The van der Waals surface area contributed by atoms with Crippen molar-refractivity contribution in [2.24, 2.45) is 13.0 Å². The van der Waals surface area contributed by atoms with Gasteiger partial charge in [-0.2, -0.15) is 5.10 Å². The second-order valence-electron chi connectivity index (χ2n) is 7.00. The monoisotopic (exact) mass is 315 g/mol. The SMILES string of the molecule is Cc1c([C@H]2OCC[C@@H]2NCc2ccc([C@@H]3C[C@H]3C)o2)cnn1C. The number of rotatable bonds is 5. The normalized spacial score (nSPS) is 30.0. The number of aryl methyl sites for hydroxylation is 1. The quantitative estimate of drug-likeness (QED) is 0.921. The number of hydrogen-bond acceptors (Lipinski definition) is 4. The zero-order chi connectivity index (χ0) is 16.0. The van der Waals surface area contributed by atoms with E-state index in [1.165, 1.54) is 17.7 Å². The van der Waals surface area contributed by atoms with Crippen LogP contribution >= 0.6 is 0 Å². The van der Waals surface area contributed by atoms with Crippen molar-refractivity contribution < 1.29 is 9.15 Å². The van der Waals surface area contributed by atoms with E-state index in [2.05, 4.69) is 36.4 Å². The van der Waals surface area contributed by atoms with Crippen LogP contribution in [0.25, 0.3) is 0 Å². The van der Waals surface area contributed by atoms with E-state index in [-0.39, 0.29) is 6.10 Å². The number of nitrogens with one attached hydrogen (secondary N) is 1. The molecule has 0 amide bonds. The lowest BCUT2D eigenvalue weighted by atomic mass is 10.0. The second-order valence-corrected chi connectivity index (χ2v) is 7.00. The van der Waals surface area contributed by atoms with Crippen LogP contribution in [0.2, 0.25) is 0 Å². The summed E-state index contributed by atoms with van der Waals surface area (Å²) in [7, 11) is 1.97. The van der Waals surface area contributed by atoms with Crippen LogP contribution in [0, 0.1) is 12.8 Å². The van der Waals surface area contributed by atoms with Gasteiger partial charge in [0.2, 0.25) is 0 Å². The second kappa shape index (κ2) is 5.80. The number of hydrogen-bond donors (Lipinski definition) is 1. The Morgan fingerprint density at radius 2 is 2.22 bits per heavy atom. The molecule has 0 spiro atoms. The van der Waals surface area contributed by atoms with Crippen LogP contribution in [0.5, 0.6) is 0 Å². The Morgan fingerprint density at radius 3 is 2.91 bits per heavy atom. The average Bonchev–Trinajstić information content (AvgIpc) is 2.93. The first kappa shape index (κ1) is 15.0. The van der Waals surface area contributed by atoms with Crippen molar-refractivity contribution in [1.29, 1.82) is 0 Å². The first-order chi connectivity index (χ1) is 11.1. The molecular weight excluding hydrogens is 290 g/mol. The van der Waals surface area contributed by atoms with E-state index in [1.54, 1.807) is 0 Å². The van der Waals surface area contributed by atoms with E-state index in [9.17, 15) is 0 Å². The Hall–Kier alpha value is -1.59. The molecule has 0 bridgehead atoms. The molecule has 1 N–H and O–H groups in total. The summed E-state index contributed by atoms with van der Waals surface area (Å²) in [6, 6.07) is 4.55. The fourth-order valence-electron chi connectivity index (χ4n) is 3.54. The van der Waals surface area contributed by atoms with Crippen molar-refractivity contribution in [1.82, 2.24) is 15.1 Å². The third-order valence-corrected chi connectivity index (χ3v) is 5.37. The molecule has 5 nitrogen and oxygen atoms in total. The van der Waals surface area contributed by atoms with Gasteiger partial charge in [-0.05, 0) is 37.8 Å². The first-order valence-electron chi connectivity index (χ1n) is 8.55. The number of ether oxygens (including phenoxy) is 1. The molecule has 1 aliphatic carbocycles. The fourth-order valence-corrected chi connectivity index (χ4v) is 3.54. The lowest BCUT2D eigenvalue weighted by Gasteiger charge is -2.19. The Balaban J connectivity index is 1.40. The summed E-state index contributed by atoms with van der Waals surface area (Å²) in [5, 5.41) is 7.95. The molecule has 2 aromatic rings. The van der Waals surface area contributed by atoms with Crippen LogP contribution in [0.1, 0.15) is 54.6 Å². The minimum atomic E-state index is 0.0848. The maximum atomic E-state index is 5.99. The smallest absolute Gasteiger partial charge is 0.117 e. The Labute approximate surface area is 137 Å². The molecule has 3 heterocycles. The van der Waals surface area contributed by atoms with Crippen molar-refractivity contribution in [3.8, 4) is 0 Å². The highest BCUT2D eigenvalue weighted by molar-refractivity contribution is 5.22. The summed E-state index contributed by atoms with van der Waals surface area (Å²) in [4.78, 5) is 0. The molecule has 2 aromatic heterocycles. The van der Waals surface area contributed by atoms with E-state index >= 15 is 0 Å². The molecule has 2 aliphatic rings. The van der Waals surface area contributed by atoms with Crippen molar-refractivity contribution in [2.45, 2.75) is 51.3 Å². The van der Waals surface area contributed by atoms with Crippen molar-refractivity contribution in [2.75, 3.05) is 6.61 Å². The number of furan rings is 1. The lowest BCUT2D eigenvalue weighted by molar-refractivity contribution is 0.0975. The van der Waals surface area contributed by atoms with Crippen molar-refractivity contribution in [3.63, 3.8) is 0 Å². The van der Waals surface area contributed by atoms with Crippen LogP contribution in [0.15, 0.2) is 22.7 Å². The van der Waals surface area contributed by atoms with Gasteiger partial charge >= 0.3 is 0 Å². The van der Waals surface area contributed by atoms with Crippen LogP contribution in [0.4, 0.5) is 0 Å². The molecule has 4 rings (SSSR count). The highest BCUT2D eigenvalue weighted by Crippen LogP contribution is 2.47. The maximum Gasteiger partial charge on any atom is 0.117 e. The lowest BCUT2D eigenvalue weighted by Crippen LogP contribution is -2.31. The predicted molar refractivity (Wildman–Crippen MR) is 87.1 cm³/mol. The van der Waals surface area contributed by atoms with Crippen molar-refractivity contribution >= 4 is 0 Å². The molecule has 0 radical (unpaired) electrons. The van der Waals surface area contributed by atoms with Gasteiger partial charge < -0.3 is 14.5 Å². The summed E-state index contributed by atoms with van der Waals surface area (Å²) < 4.78 is 13.8. The topological polar surface area (TPSA) is 52.2 Å². The average molecular weight is 315 g/mol. The summed E-state index contributed by atoms with van der Waals surface area (Å²) in [5.74, 6) is 3.59. The Kier molecular flexibility index (Phi) is 3.77. The van der Waals surface area contributed by atoms with Gasteiger partial charge in [0.05, 0.1) is 12.7 Å². The van der Waals surface area contributed by atoms with Gasteiger partial charge in [0.15, 0.2) is 0 Å². The summed E-state index contributed by atoms with van der Waals surface area (Å²) in [5.41, 5.74) is 2.36. The van der Waals surface area contributed by atoms with E-state index in [0.29, 0.717) is 12.0 Å². The predicted octanol–water partition coefficient (Wildman–Crippen LogP) is 3.06. The molecule has 2 fully saturated rings. The van der Waals surface area contributed by atoms with Gasteiger partial charge in [-0.3, -0.25) is 4.68 Å². The van der Waals surface area contributed by atoms with E-state index in [1.807, 2.05) is 17.9 Å². The highest BCUT2D eigenvalue weighted by Gasteiger charge is 2.37. The molecule has 1 saturated carbocycles. The zero-order valence-electron chi connectivity index (χ0n) is 14.1. The third-order valence-electron chi connectivity index (χ3n) is 5.37. The Morgan fingerprint density at radius 1 is 1.39 bits per heavy atom. The van der Waals surface area contributed by atoms with E-state index in [0.717, 1.165) is 37.0 Å². The molecule has 124 valence electrons. The summed E-state index contributed by atoms with van der Waals surface area (Å²) in [6.07, 6.45) is 4.30. The summed E-state index contributed by atoms with van der Waals surface area (Å²) >= 11 is 0. The molecule has 23 heavy (non-hydrogen) atoms. The van der Waals surface area contributed by atoms with Crippen LogP contribution in [-0.4, -0.2) is 22.4 Å². The van der Waals surface area contributed by atoms with Crippen LogP contribution in [-0.2, 0) is 18.3 Å². The number of nitrogens with zero attached hydrogens (tertiary/aromatic N) is 2. The van der Waals surface area contributed by atoms with Crippen LogP contribution in [0.3, 0.4) is 0 Å². The van der Waals surface area contributed by atoms with Crippen LogP contribution < -0.4 is 5.32 Å². The van der Waals surface area contributed by atoms with Gasteiger partial charge in [-0.1, -0.05) is 6.92 Å². The third kappa shape index (κ3) is 2.83. The molecule has 5 heteroatoms. The summed E-state index contributed by atoms with van der Waals surface area (Å²) in [6.45, 7) is 5.92. The Bertz CT molecular complexity index is 690.